The number of hydrogen-bond donors (Lipinski definition) is 3. The molecule has 1 aliphatic heterocycles. The lowest BCUT2D eigenvalue weighted by molar-refractivity contribution is -0.137. The summed E-state index contributed by atoms with van der Waals surface area (Å²) in [6, 6.07) is 18.2. The number of hydrogen-bond acceptors (Lipinski definition) is 7. The van der Waals surface area contributed by atoms with Crippen LogP contribution in [0.2, 0.25) is 5.15 Å². The molecule has 0 saturated carbocycles. The van der Waals surface area contributed by atoms with E-state index in [-0.39, 0.29) is 28.6 Å². The number of thiophene rings is 1. The first kappa shape index (κ1) is 30.7. The molecule has 226 valence electrons. The molecule has 5 rings (SSSR count). The number of pyridine rings is 1. The molecule has 3 heterocycles. The molecule has 1 saturated heterocycles. The summed E-state index contributed by atoms with van der Waals surface area (Å²) in [6.45, 7) is 3.93. The Bertz CT molecular complexity index is 1650. The first-order valence-electron chi connectivity index (χ1n) is 13.9. The molecule has 2 aromatic heterocycles. The van der Waals surface area contributed by atoms with Crippen LogP contribution in [0.25, 0.3) is 0 Å². The van der Waals surface area contributed by atoms with Crippen molar-refractivity contribution in [3.05, 3.63) is 111 Å². The monoisotopic (exact) mass is 631 g/mol. The average molecular weight is 632 g/mol. The molecule has 10 nitrogen and oxygen atoms in total. The molecule has 0 radical (unpaired) electrons. The SMILES string of the molecule is Cc1ccc(C(CC(=O)O)NC(=O)c2ccc(N3CCN(C(=O)c4cccs4)CC3)c(NC(=O)c3ccc(Cl)nc3)c2)cc1. The third-order valence-corrected chi connectivity index (χ3v) is 8.38. The zero-order valence-corrected chi connectivity index (χ0v) is 25.4. The van der Waals surface area contributed by atoms with Gasteiger partial charge < -0.3 is 25.5 Å². The molecule has 1 aliphatic rings. The number of anilines is 2. The molecule has 2 aromatic carbocycles. The van der Waals surface area contributed by atoms with E-state index in [0.29, 0.717) is 48.0 Å². The molecular formula is C32H30ClN5O5S. The van der Waals surface area contributed by atoms with Crippen molar-refractivity contribution >= 4 is 58.0 Å². The number of aliphatic carboxylic acids is 1. The topological polar surface area (TPSA) is 132 Å². The van der Waals surface area contributed by atoms with Crippen LogP contribution >= 0.6 is 22.9 Å². The Morgan fingerprint density at radius 2 is 1.68 bits per heavy atom. The normalized spacial score (nSPS) is 13.7. The van der Waals surface area contributed by atoms with Gasteiger partial charge in [0, 0.05) is 37.9 Å². The summed E-state index contributed by atoms with van der Waals surface area (Å²) in [5.41, 5.74) is 3.27. The summed E-state index contributed by atoms with van der Waals surface area (Å²) in [5, 5.41) is 17.4. The van der Waals surface area contributed by atoms with Crippen LogP contribution in [0.4, 0.5) is 11.4 Å². The van der Waals surface area contributed by atoms with Crippen molar-refractivity contribution in [1.29, 1.82) is 0 Å². The molecule has 1 atom stereocenters. The standard InChI is InChI=1S/C32H30ClN5O5S/c1-20-4-6-21(7-5-20)24(18-29(39)40)35-30(41)22-8-10-26(25(17-22)36-31(42)23-9-11-28(33)34-19-23)37-12-14-38(15-13-37)32(43)27-3-2-16-44-27/h2-11,16-17,19,24H,12-15,18H2,1H3,(H,35,41)(H,36,42)(H,39,40). The number of nitrogens with one attached hydrogen (secondary N) is 2. The zero-order chi connectivity index (χ0) is 31.2. The second-order valence-electron chi connectivity index (χ2n) is 10.3. The largest absolute Gasteiger partial charge is 0.481 e. The van der Waals surface area contributed by atoms with E-state index in [1.54, 1.807) is 41.3 Å². The Morgan fingerprint density at radius 3 is 2.32 bits per heavy atom. The predicted octanol–water partition coefficient (Wildman–Crippen LogP) is 5.27. The molecule has 12 heteroatoms. The molecule has 0 bridgehead atoms. The maximum Gasteiger partial charge on any atom is 0.305 e. The first-order chi connectivity index (χ1) is 21.2. The molecule has 0 spiro atoms. The van der Waals surface area contributed by atoms with Gasteiger partial charge in [-0.3, -0.25) is 19.2 Å². The summed E-state index contributed by atoms with van der Waals surface area (Å²) < 4.78 is 0. The van der Waals surface area contributed by atoms with Gasteiger partial charge in [-0.15, -0.1) is 11.3 Å². The summed E-state index contributed by atoms with van der Waals surface area (Å²) in [4.78, 5) is 59.6. The van der Waals surface area contributed by atoms with Crippen molar-refractivity contribution in [3.8, 4) is 0 Å². The van der Waals surface area contributed by atoms with E-state index in [1.165, 1.54) is 23.6 Å². The molecule has 1 fully saturated rings. The number of nitrogens with zero attached hydrogens (tertiary/aromatic N) is 3. The fraction of sp³-hybridized carbons (Fsp3) is 0.219. The fourth-order valence-electron chi connectivity index (χ4n) is 4.93. The predicted molar refractivity (Wildman–Crippen MR) is 170 cm³/mol. The van der Waals surface area contributed by atoms with E-state index in [1.807, 2.05) is 36.6 Å². The van der Waals surface area contributed by atoms with E-state index < -0.39 is 23.8 Å². The Kier molecular flexibility index (Phi) is 9.56. The third-order valence-electron chi connectivity index (χ3n) is 7.30. The number of benzene rings is 2. The van der Waals surface area contributed by atoms with Gasteiger partial charge >= 0.3 is 5.97 Å². The summed E-state index contributed by atoms with van der Waals surface area (Å²) >= 11 is 7.30. The van der Waals surface area contributed by atoms with E-state index in [2.05, 4.69) is 20.5 Å². The van der Waals surface area contributed by atoms with Crippen LogP contribution in [-0.2, 0) is 4.79 Å². The van der Waals surface area contributed by atoms with Crippen LogP contribution in [0.1, 0.15) is 54.0 Å². The molecular weight excluding hydrogens is 602 g/mol. The second-order valence-corrected chi connectivity index (χ2v) is 11.7. The van der Waals surface area contributed by atoms with Crippen molar-refractivity contribution in [3.63, 3.8) is 0 Å². The van der Waals surface area contributed by atoms with Gasteiger partial charge in [-0.25, -0.2) is 4.98 Å². The Morgan fingerprint density at radius 1 is 0.955 bits per heavy atom. The van der Waals surface area contributed by atoms with Crippen LogP contribution < -0.4 is 15.5 Å². The first-order valence-corrected chi connectivity index (χ1v) is 15.2. The highest BCUT2D eigenvalue weighted by atomic mass is 35.5. The smallest absolute Gasteiger partial charge is 0.305 e. The second kappa shape index (κ2) is 13.7. The lowest BCUT2D eigenvalue weighted by atomic mass is 10.0. The lowest BCUT2D eigenvalue weighted by Crippen LogP contribution is -2.48. The van der Waals surface area contributed by atoms with Crippen molar-refractivity contribution < 1.29 is 24.3 Å². The van der Waals surface area contributed by atoms with Gasteiger partial charge in [0.1, 0.15) is 5.15 Å². The highest BCUT2D eigenvalue weighted by Crippen LogP contribution is 2.30. The van der Waals surface area contributed by atoms with Crippen molar-refractivity contribution in [1.82, 2.24) is 15.2 Å². The van der Waals surface area contributed by atoms with Gasteiger partial charge in [0.2, 0.25) is 0 Å². The maximum absolute atomic E-state index is 13.4. The summed E-state index contributed by atoms with van der Waals surface area (Å²) in [5.74, 6) is -1.99. The molecule has 3 amide bonds. The van der Waals surface area contributed by atoms with Crippen LogP contribution in [0, 0.1) is 6.92 Å². The summed E-state index contributed by atoms with van der Waals surface area (Å²) in [7, 11) is 0. The minimum absolute atomic E-state index is 0.0140. The fourth-order valence-corrected chi connectivity index (χ4v) is 5.73. The number of piperazine rings is 1. The quantitative estimate of drug-likeness (QED) is 0.215. The van der Waals surface area contributed by atoms with Gasteiger partial charge in [0.25, 0.3) is 17.7 Å². The third kappa shape index (κ3) is 7.42. The number of carbonyl (C=O) groups excluding carboxylic acids is 3. The lowest BCUT2D eigenvalue weighted by Gasteiger charge is -2.37. The molecule has 3 N–H and O–H groups in total. The van der Waals surface area contributed by atoms with Gasteiger partial charge in [-0.2, -0.15) is 0 Å². The zero-order valence-electron chi connectivity index (χ0n) is 23.8. The Balaban J connectivity index is 1.39. The molecule has 4 aromatic rings. The van der Waals surface area contributed by atoms with E-state index in [0.717, 1.165) is 5.56 Å². The summed E-state index contributed by atoms with van der Waals surface area (Å²) in [6.07, 6.45) is 1.06. The minimum atomic E-state index is -1.05. The maximum atomic E-state index is 13.4. The highest BCUT2D eigenvalue weighted by Gasteiger charge is 2.26. The van der Waals surface area contributed by atoms with Crippen LogP contribution in [0.5, 0.6) is 0 Å². The van der Waals surface area contributed by atoms with E-state index >= 15 is 0 Å². The number of aromatic nitrogens is 1. The number of rotatable bonds is 9. The van der Waals surface area contributed by atoms with Gasteiger partial charge in [-0.1, -0.05) is 47.5 Å². The van der Waals surface area contributed by atoms with Gasteiger partial charge in [0.05, 0.1) is 34.3 Å². The average Bonchev–Trinajstić information content (AvgIpc) is 3.56. The van der Waals surface area contributed by atoms with E-state index in [9.17, 15) is 24.3 Å². The van der Waals surface area contributed by atoms with Gasteiger partial charge in [-0.05, 0) is 54.3 Å². The Hall–Kier alpha value is -4.74. The minimum Gasteiger partial charge on any atom is -0.481 e. The van der Waals surface area contributed by atoms with Crippen LogP contribution in [-0.4, -0.2) is 64.9 Å². The van der Waals surface area contributed by atoms with E-state index in [4.69, 9.17) is 11.6 Å². The number of halogens is 1. The van der Waals surface area contributed by atoms with Crippen LogP contribution in [0.15, 0.2) is 78.3 Å². The van der Waals surface area contributed by atoms with Crippen molar-refractivity contribution in [2.24, 2.45) is 0 Å². The van der Waals surface area contributed by atoms with Crippen LogP contribution in [0.3, 0.4) is 0 Å². The van der Waals surface area contributed by atoms with Gasteiger partial charge in [0.15, 0.2) is 0 Å². The Labute approximate surface area is 263 Å². The molecule has 44 heavy (non-hydrogen) atoms. The molecule has 1 unspecified atom stereocenters. The number of aryl methyl sites for hydroxylation is 1. The number of carbonyl (C=O) groups is 4. The highest BCUT2D eigenvalue weighted by molar-refractivity contribution is 7.12. The van der Waals surface area contributed by atoms with Crippen molar-refractivity contribution in [2.45, 2.75) is 19.4 Å². The number of amides is 3. The number of carboxylic acid groups (broad SMARTS) is 1. The molecule has 0 aliphatic carbocycles. The van der Waals surface area contributed by atoms with Crippen molar-refractivity contribution in [2.75, 3.05) is 36.4 Å². The number of carboxylic acids is 1.